The molecule has 0 aromatic rings. The first-order valence-corrected chi connectivity index (χ1v) is 4.97. The minimum Gasteiger partial charge on any atom is -0.344 e. The molecule has 2 aliphatic rings. The molecule has 4 amide bonds. The number of hydrogen-bond acceptors (Lipinski definition) is 4. The van der Waals surface area contributed by atoms with Gasteiger partial charge in [0.25, 0.3) is 0 Å². The van der Waals surface area contributed by atoms with Crippen LogP contribution in [0, 0.1) is 0 Å². The van der Waals surface area contributed by atoms with E-state index in [2.05, 4.69) is 10.6 Å². The predicted octanol–water partition coefficient (Wildman–Crippen LogP) is -2.25. The Balaban J connectivity index is 2.01. The van der Waals surface area contributed by atoms with Gasteiger partial charge >= 0.3 is 0 Å². The molecule has 2 aliphatic heterocycles. The van der Waals surface area contributed by atoms with E-state index in [4.69, 9.17) is 0 Å². The first kappa shape index (κ1) is 10.6. The molecule has 2 fully saturated rings. The van der Waals surface area contributed by atoms with Crippen LogP contribution in [0.3, 0.4) is 0 Å². The van der Waals surface area contributed by atoms with Crippen LogP contribution in [-0.4, -0.2) is 47.7 Å². The highest BCUT2D eigenvalue weighted by molar-refractivity contribution is 6.03. The number of nitrogens with one attached hydrogen (secondary N) is 2. The lowest BCUT2D eigenvalue weighted by atomic mass is 10.2. The topological polar surface area (TPSA) is 95.6 Å². The monoisotopic (exact) mass is 225 g/mol. The van der Waals surface area contributed by atoms with Crippen molar-refractivity contribution in [2.24, 2.45) is 0 Å². The molecule has 0 radical (unpaired) electrons. The Bertz CT molecular complexity index is 363. The molecule has 2 saturated heterocycles. The largest absolute Gasteiger partial charge is 0.344 e. The van der Waals surface area contributed by atoms with Gasteiger partial charge in [0.1, 0.15) is 19.1 Å². The van der Waals surface area contributed by atoms with Crippen LogP contribution >= 0.6 is 0 Å². The second kappa shape index (κ2) is 3.92. The molecule has 1 atom stereocenters. The van der Waals surface area contributed by atoms with Crippen LogP contribution in [0.25, 0.3) is 0 Å². The second-order valence-corrected chi connectivity index (χ2v) is 3.82. The fraction of sp³-hybridized carbons (Fsp3) is 0.556. The summed E-state index contributed by atoms with van der Waals surface area (Å²) < 4.78 is 0. The average Bonchev–Trinajstić information content (AvgIpc) is 2.62. The third-order valence-electron chi connectivity index (χ3n) is 2.55. The van der Waals surface area contributed by atoms with Gasteiger partial charge in [-0.3, -0.25) is 24.5 Å². The Labute approximate surface area is 91.2 Å². The first-order valence-electron chi connectivity index (χ1n) is 4.97. The van der Waals surface area contributed by atoms with Crippen LogP contribution in [0.15, 0.2) is 0 Å². The molecule has 2 rings (SSSR count). The number of piperazine rings is 1. The number of imide groups is 1. The van der Waals surface area contributed by atoms with E-state index in [9.17, 15) is 19.2 Å². The van der Waals surface area contributed by atoms with Crippen molar-refractivity contribution in [3.05, 3.63) is 0 Å². The van der Waals surface area contributed by atoms with E-state index in [1.807, 2.05) is 0 Å². The van der Waals surface area contributed by atoms with Crippen LogP contribution in [0.1, 0.15) is 12.8 Å². The summed E-state index contributed by atoms with van der Waals surface area (Å²) in [5.41, 5.74) is 0. The molecule has 0 aliphatic carbocycles. The minimum atomic E-state index is -0.591. The molecule has 0 unspecified atom stereocenters. The molecule has 2 heterocycles. The summed E-state index contributed by atoms with van der Waals surface area (Å²) in [6.45, 7) is -0.256. The van der Waals surface area contributed by atoms with E-state index in [1.165, 1.54) is 0 Å². The van der Waals surface area contributed by atoms with Crippen molar-refractivity contribution in [2.75, 3.05) is 13.1 Å². The molecule has 0 saturated carbocycles. The Hall–Kier alpha value is -1.92. The molecule has 0 aromatic heterocycles. The molecule has 16 heavy (non-hydrogen) atoms. The second-order valence-electron chi connectivity index (χ2n) is 3.82. The zero-order chi connectivity index (χ0) is 11.7. The van der Waals surface area contributed by atoms with Crippen LogP contribution in [-0.2, 0) is 19.2 Å². The summed E-state index contributed by atoms with van der Waals surface area (Å²) in [5.74, 6) is -1.52. The molecule has 0 spiro atoms. The third-order valence-corrected chi connectivity index (χ3v) is 2.55. The van der Waals surface area contributed by atoms with Gasteiger partial charge in [-0.1, -0.05) is 0 Å². The molecule has 7 nitrogen and oxygen atoms in total. The van der Waals surface area contributed by atoms with Gasteiger partial charge < -0.3 is 10.2 Å². The molecule has 86 valence electrons. The van der Waals surface area contributed by atoms with Gasteiger partial charge in [-0.2, -0.15) is 0 Å². The van der Waals surface area contributed by atoms with Gasteiger partial charge in [-0.15, -0.1) is 0 Å². The molecule has 0 aromatic carbocycles. The lowest BCUT2D eigenvalue weighted by Gasteiger charge is -2.27. The summed E-state index contributed by atoms with van der Waals surface area (Å²) in [6, 6.07) is -0.591. The highest BCUT2D eigenvalue weighted by atomic mass is 16.2. The van der Waals surface area contributed by atoms with Crippen LogP contribution in [0.5, 0.6) is 0 Å². The van der Waals surface area contributed by atoms with Crippen molar-refractivity contribution < 1.29 is 19.2 Å². The SMILES string of the molecule is O=C1CN(C(=O)[C@@H]2CCC(=O)N2)CC(=O)N1. The van der Waals surface area contributed by atoms with Crippen molar-refractivity contribution in [2.45, 2.75) is 18.9 Å². The maximum atomic E-state index is 11.8. The van der Waals surface area contributed by atoms with Crippen molar-refractivity contribution in [3.63, 3.8) is 0 Å². The lowest BCUT2D eigenvalue weighted by molar-refractivity contribution is -0.146. The van der Waals surface area contributed by atoms with E-state index in [-0.39, 0.29) is 24.9 Å². The predicted molar refractivity (Wildman–Crippen MR) is 50.9 cm³/mol. The van der Waals surface area contributed by atoms with Gasteiger partial charge in [-0.25, -0.2) is 0 Å². The van der Waals surface area contributed by atoms with Crippen molar-refractivity contribution in [1.82, 2.24) is 15.5 Å². The zero-order valence-corrected chi connectivity index (χ0v) is 8.49. The summed E-state index contributed by atoms with van der Waals surface area (Å²) in [7, 11) is 0. The number of amides is 4. The Kier molecular flexibility index (Phi) is 2.59. The molecular weight excluding hydrogens is 214 g/mol. The maximum absolute atomic E-state index is 11.8. The van der Waals surface area contributed by atoms with Crippen molar-refractivity contribution in [3.8, 4) is 0 Å². The van der Waals surface area contributed by atoms with E-state index >= 15 is 0 Å². The summed E-state index contributed by atoms with van der Waals surface area (Å²) >= 11 is 0. The number of hydrogen-bond donors (Lipinski definition) is 2. The summed E-state index contributed by atoms with van der Waals surface area (Å²) in [4.78, 5) is 46.0. The number of rotatable bonds is 1. The Morgan fingerprint density at radius 1 is 1.12 bits per heavy atom. The molecule has 7 heteroatoms. The van der Waals surface area contributed by atoms with Gasteiger partial charge in [0.05, 0.1) is 0 Å². The van der Waals surface area contributed by atoms with Gasteiger partial charge in [-0.05, 0) is 6.42 Å². The average molecular weight is 225 g/mol. The van der Waals surface area contributed by atoms with Crippen LogP contribution < -0.4 is 10.6 Å². The molecular formula is C9H11N3O4. The van der Waals surface area contributed by atoms with E-state index < -0.39 is 17.9 Å². The highest BCUT2D eigenvalue weighted by Crippen LogP contribution is 2.10. The van der Waals surface area contributed by atoms with Crippen LogP contribution in [0.4, 0.5) is 0 Å². The van der Waals surface area contributed by atoms with Crippen molar-refractivity contribution in [1.29, 1.82) is 0 Å². The molecule has 2 N–H and O–H groups in total. The number of carbonyl (C=O) groups is 4. The third kappa shape index (κ3) is 2.02. The fourth-order valence-corrected chi connectivity index (χ4v) is 1.81. The van der Waals surface area contributed by atoms with Gasteiger partial charge in [0.15, 0.2) is 0 Å². The smallest absolute Gasteiger partial charge is 0.246 e. The maximum Gasteiger partial charge on any atom is 0.246 e. The van der Waals surface area contributed by atoms with Crippen LogP contribution in [0.2, 0.25) is 0 Å². The summed E-state index contributed by atoms with van der Waals surface area (Å²) in [5, 5.41) is 4.61. The standard InChI is InChI=1S/C9H11N3O4/c13-6-2-1-5(10-6)9(16)12-3-7(14)11-8(15)4-12/h5H,1-4H2,(H,10,13)(H,11,14,15)/t5-/m0/s1. The normalized spacial score (nSPS) is 25.4. The Morgan fingerprint density at radius 3 is 2.25 bits per heavy atom. The highest BCUT2D eigenvalue weighted by Gasteiger charge is 2.34. The van der Waals surface area contributed by atoms with Gasteiger partial charge in [0.2, 0.25) is 23.6 Å². The minimum absolute atomic E-state index is 0.128. The quantitative estimate of drug-likeness (QED) is 0.493. The first-order chi connectivity index (χ1) is 7.56. The van der Waals surface area contributed by atoms with E-state index in [1.54, 1.807) is 0 Å². The number of carbonyl (C=O) groups excluding carboxylic acids is 4. The lowest BCUT2D eigenvalue weighted by Crippen LogP contribution is -2.56. The fourth-order valence-electron chi connectivity index (χ4n) is 1.81. The zero-order valence-electron chi connectivity index (χ0n) is 8.49. The Morgan fingerprint density at radius 2 is 1.75 bits per heavy atom. The van der Waals surface area contributed by atoms with E-state index in [0.29, 0.717) is 12.8 Å². The van der Waals surface area contributed by atoms with E-state index in [0.717, 1.165) is 4.90 Å². The van der Waals surface area contributed by atoms with Gasteiger partial charge in [0, 0.05) is 6.42 Å². The summed E-state index contributed by atoms with van der Waals surface area (Å²) in [6.07, 6.45) is 0.731. The number of nitrogens with zero attached hydrogens (tertiary/aromatic N) is 1. The van der Waals surface area contributed by atoms with Crippen molar-refractivity contribution >= 4 is 23.6 Å². The molecule has 0 bridgehead atoms.